The summed E-state index contributed by atoms with van der Waals surface area (Å²) in [7, 11) is 0. The molecule has 0 fully saturated rings. The molecule has 0 bridgehead atoms. The van der Waals surface area contributed by atoms with Crippen molar-refractivity contribution >= 4 is 34.0 Å². The van der Waals surface area contributed by atoms with E-state index in [1.807, 2.05) is 24.3 Å². The van der Waals surface area contributed by atoms with Crippen LogP contribution < -0.4 is 5.32 Å². The fraction of sp³-hybridized carbons (Fsp3) is 0. The second-order valence-electron chi connectivity index (χ2n) is 3.71. The van der Waals surface area contributed by atoms with E-state index in [1.54, 1.807) is 24.8 Å². The number of benzene rings is 1. The highest BCUT2D eigenvalue weighted by Gasteiger charge is 2.05. The number of halogens is 1. The Labute approximate surface area is 109 Å². The Hall–Kier alpha value is -2.20. The number of hydrogen-bond donors (Lipinski definition) is 1. The first-order valence-corrected chi connectivity index (χ1v) is 5.78. The zero-order chi connectivity index (χ0) is 12.4. The lowest BCUT2D eigenvalue weighted by molar-refractivity contribution is 1.20. The summed E-state index contributed by atoms with van der Waals surface area (Å²) >= 11 is 6.11. The van der Waals surface area contributed by atoms with Gasteiger partial charge >= 0.3 is 0 Å². The maximum Gasteiger partial charge on any atom is 0.148 e. The monoisotopic (exact) mass is 256 g/mol. The van der Waals surface area contributed by atoms with Crippen LogP contribution in [0.1, 0.15) is 0 Å². The Morgan fingerprint density at radius 1 is 1.00 bits per heavy atom. The fourth-order valence-electron chi connectivity index (χ4n) is 1.75. The Bertz CT molecular complexity index is 685. The summed E-state index contributed by atoms with van der Waals surface area (Å²) in [6.45, 7) is 0. The van der Waals surface area contributed by atoms with Gasteiger partial charge in [-0.1, -0.05) is 11.6 Å². The SMILES string of the molecule is Clc1ccc(Nc2cnccn2)c2cccnc12. The molecule has 5 heteroatoms. The smallest absolute Gasteiger partial charge is 0.148 e. The van der Waals surface area contributed by atoms with E-state index in [1.165, 1.54) is 0 Å². The molecule has 3 rings (SSSR count). The van der Waals surface area contributed by atoms with Gasteiger partial charge in [0.25, 0.3) is 0 Å². The van der Waals surface area contributed by atoms with Crippen molar-refractivity contribution in [3.63, 3.8) is 0 Å². The highest BCUT2D eigenvalue weighted by atomic mass is 35.5. The average molecular weight is 257 g/mol. The summed E-state index contributed by atoms with van der Waals surface area (Å²) in [5.41, 5.74) is 1.68. The van der Waals surface area contributed by atoms with Crippen LogP contribution in [0.4, 0.5) is 11.5 Å². The minimum Gasteiger partial charge on any atom is -0.338 e. The predicted octanol–water partition coefficient (Wildman–Crippen LogP) is 3.42. The van der Waals surface area contributed by atoms with Gasteiger partial charge in [-0.3, -0.25) is 9.97 Å². The van der Waals surface area contributed by atoms with E-state index in [0.717, 1.165) is 16.6 Å². The van der Waals surface area contributed by atoms with Crippen LogP contribution in [0.15, 0.2) is 49.1 Å². The zero-order valence-electron chi connectivity index (χ0n) is 9.34. The minimum atomic E-state index is 0.635. The third-order valence-electron chi connectivity index (χ3n) is 2.55. The van der Waals surface area contributed by atoms with Gasteiger partial charge < -0.3 is 5.32 Å². The number of pyridine rings is 1. The topological polar surface area (TPSA) is 50.7 Å². The Morgan fingerprint density at radius 3 is 2.78 bits per heavy atom. The summed E-state index contributed by atoms with van der Waals surface area (Å²) in [6.07, 6.45) is 6.66. The van der Waals surface area contributed by atoms with E-state index >= 15 is 0 Å². The van der Waals surface area contributed by atoms with Crippen molar-refractivity contribution in [2.24, 2.45) is 0 Å². The van der Waals surface area contributed by atoms with Crippen LogP contribution in [-0.4, -0.2) is 15.0 Å². The molecule has 2 heterocycles. The maximum absolute atomic E-state index is 6.11. The lowest BCUT2D eigenvalue weighted by atomic mass is 10.2. The third kappa shape index (κ3) is 1.98. The number of rotatable bonds is 2. The summed E-state index contributed by atoms with van der Waals surface area (Å²) in [5, 5.41) is 4.79. The maximum atomic E-state index is 6.11. The van der Waals surface area contributed by atoms with E-state index in [0.29, 0.717) is 10.8 Å². The lowest BCUT2D eigenvalue weighted by Gasteiger charge is -2.09. The molecule has 88 valence electrons. The number of anilines is 2. The van der Waals surface area contributed by atoms with Crippen molar-refractivity contribution in [1.29, 1.82) is 0 Å². The van der Waals surface area contributed by atoms with Gasteiger partial charge in [-0.25, -0.2) is 4.98 Å². The molecule has 1 N–H and O–H groups in total. The normalized spacial score (nSPS) is 10.5. The highest BCUT2D eigenvalue weighted by Crippen LogP contribution is 2.29. The van der Waals surface area contributed by atoms with E-state index in [2.05, 4.69) is 20.3 Å². The molecular formula is C13H9ClN4. The van der Waals surface area contributed by atoms with Crippen molar-refractivity contribution in [1.82, 2.24) is 15.0 Å². The van der Waals surface area contributed by atoms with Crippen molar-refractivity contribution < 1.29 is 0 Å². The molecular weight excluding hydrogens is 248 g/mol. The van der Waals surface area contributed by atoms with Crippen molar-refractivity contribution in [2.75, 3.05) is 5.32 Å². The summed E-state index contributed by atoms with van der Waals surface area (Å²) in [6, 6.07) is 7.56. The van der Waals surface area contributed by atoms with E-state index in [9.17, 15) is 0 Å². The van der Waals surface area contributed by atoms with Crippen molar-refractivity contribution in [2.45, 2.75) is 0 Å². The summed E-state index contributed by atoms with van der Waals surface area (Å²) < 4.78 is 0. The zero-order valence-corrected chi connectivity index (χ0v) is 10.1. The molecule has 1 aromatic carbocycles. The van der Waals surface area contributed by atoms with Gasteiger partial charge in [0.2, 0.25) is 0 Å². The molecule has 0 aliphatic carbocycles. The first kappa shape index (κ1) is 10.9. The number of nitrogens with one attached hydrogen (secondary N) is 1. The molecule has 0 atom stereocenters. The third-order valence-corrected chi connectivity index (χ3v) is 2.85. The first-order chi connectivity index (χ1) is 8.84. The summed E-state index contributed by atoms with van der Waals surface area (Å²) in [4.78, 5) is 12.5. The molecule has 0 amide bonds. The molecule has 0 radical (unpaired) electrons. The predicted molar refractivity (Wildman–Crippen MR) is 72.1 cm³/mol. The standard InChI is InChI=1S/C13H9ClN4/c14-10-3-4-11(9-2-1-5-17-13(9)10)18-12-8-15-6-7-16-12/h1-8H,(H,16,18). The molecule has 3 aromatic rings. The van der Waals surface area contributed by atoms with E-state index in [4.69, 9.17) is 11.6 Å². The minimum absolute atomic E-state index is 0.635. The molecule has 0 aliphatic heterocycles. The van der Waals surface area contributed by atoms with Gasteiger partial charge in [0.1, 0.15) is 5.82 Å². The molecule has 4 nitrogen and oxygen atoms in total. The van der Waals surface area contributed by atoms with Crippen LogP contribution in [0.5, 0.6) is 0 Å². The lowest BCUT2D eigenvalue weighted by Crippen LogP contribution is -1.95. The molecule has 18 heavy (non-hydrogen) atoms. The highest BCUT2D eigenvalue weighted by molar-refractivity contribution is 6.35. The van der Waals surface area contributed by atoms with Crippen LogP contribution in [0.25, 0.3) is 10.9 Å². The number of aromatic nitrogens is 3. The van der Waals surface area contributed by atoms with Crippen molar-refractivity contribution in [3.8, 4) is 0 Å². The summed E-state index contributed by atoms with van der Waals surface area (Å²) in [5.74, 6) is 0.685. The van der Waals surface area contributed by atoms with Gasteiger partial charge in [0.15, 0.2) is 0 Å². The molecule has 0 aliphatic rings. The molecule has 2 aromatic heterocycles. The fourth-order valence-corrected chi connectivity index (χ4v) is 1.96. The molecule has 0 spiro atoms. The largest absolute Gasteiger partial charge is 0.338 e. The average Bonchev–Trinajstić information content (AvgIpc) is 2.44. The molecule has 0 saturated carbocycles. The van der Waals surface area contributed by atoms with E-state index in [-0.39, 0.29) is 0 Å². The van der Waals surface area contributed by atoms with Crippen molar-refractivity contribution in [3.05, 3.63) is 54.1 Å². The van der Waals surface area contributed by atoms with Crippen LogP contribution in [0, 0.1) is 0 Å². The van der Waals surface area contributed by atoms with Gasteiger partial charge in [-0.2, -0.15) is 0 Å². The number of hydrogen-bond acceptors (Lipinski definition) is 4. The van der Waals surface area contributed by atoms with Crippen LogP contribution in [0.3, 0.4) is 0 Å². The number of fused-ring (bicyclic) bond motifs is 1. The molecule has 0 unspecified atom stereocenters. The van der Waals surface area contributed by atoms with Gasteiger partial charge in [0.05, 0.1) is 16.7 Å². The van der Waals surface area contributed by atoms with Gasteiger partial charge in [0, 0.05) is 29.7 Å². The number of nitrogens with zero attached hydrogens (tertiary/aromatic N) is 3. The van der Waals surface area contributed by atoms with Gasteiger partial charge in [-0.05, 0) is 24.3 Å². The van der Waals surface area contributed by atoms with Gasteiger partial charge in [-0.15, -0.1) is 0 Å². The quantitative estimate of drug-likeness (QED) is 0.763. The molecule has 0 saturated heterocycles. The Kier molecular flexibility index (Phi) is 2.78. The Morgan fingerprint density at radius 2 is 1.94 bits per heavy atom. The first-order valence-electron chi connectivity index (χ1n) is 5.41. The van der Waals surface area contributed by atoms with E-state index < -0.39 is 0 Å². The van der Waals surface area contributed by atoms with Crippen LogP contribution in [-0.2, 0) is 0 Å². The van der Waals surface area contributed by atoms with Crippen LogP contribution in [0.2, 0.25) is 5.02 Å². The Balaban J connectivity index is 2.10. The van der Waals surface area contributed by atoms with Crippen LogP contribution >= 0.6 is 11.6 Å². The second-order valence-corrected chi connectivity index (χ2v) is 4.12. The second kappa shape index (κ2) is 4.58.